The van der Waals surface area contributed by atoms with E-state index in [1.165, 1.54) is 5.56 Å². The summed E-state index contributed by atoms with van der Waals surface area (Å²) >= 11 is 0. The summed E-state index contributed by atoms with van der Waals surface area (Å²) < 4.78 is 5.73. The largest absolute Gasteiger partial charge is 0.378 e. The van der Waals surface area contributed by atoms with Crippen molar-refractivity contribution in [3.05, 3.63) is 59.2 Å². The van der Waals surface area contributed by atoms with Crippen molar-refractivity contribution in [3.8, 4) is 5.69 Å². The normalized spacial score (nSPS) is 18.6. The lowest BCUT2D eigenvalue weighted by Crippen LogP contribution is -2.39. The van der Waals surface area contributed by atoms with Crippen molar-refractivity contribution < 1.29 is 4.74 Å². The third-order valence-corrected chi connectivity index (χ3v) is 4.65. The van der Waals surface area contributed by atoms with Crippen molar-refractivity contribution in [3.63, 3.8) is 0 Å². The van der Waals surface area contributed by atoms with Gasteiger partial charge in [0.2, 0.25) is 0 Å². The minimum absolute atomic E-state index is 0.189. The molecular formula is C18H22N6O. The van der Waals surface area contributed by atoms with Gasteiger partial charge >= 0.3 is 0 Å². The Labute approximate surface area is 146 Å². The second-order valence-electron chi connectivity index (χ2n) is 6.37. The highest BCUT2D eigenvalue weighted by atomic mass is 16.5. The molecule has 0 amide bonds. The number of rotatable bonds is 4. The van der Waals surface area contributed by atoms with Crippen LogP contribution in [0.1, 0.15) is 28.7 Å². The van der Waals surface area contributed by atoms with E-state index >= 15 is 0 Å². The highest BCUT2D eigenvalue weighted by molar-refractivity contribution is 5.29. The van der Waals surface area contributed by atoms with E-state index < -0.39 is 0 Å². The third kappa shape index (κ3) is 3.20. The molecular weight excluding hydrogens is 316 g/mol. The number of benzene rings is 1. The number of aromatic amines is 1. The summed E-state index contributed by atoms with van der Waals surface area (Å²) in [7, 11) is 0. The van der Waals surface area contributed by atoms with Crippen LogP contribution in [0.2, 0.25) is 0 Å². The summed E-state index contributed by atoms with van der Waals surface area (Å²) in [6.45, 7) is 7.12. The van der Waals surface area contributed by atoms with E-state index in [-0.39, 0.29) is 6.04 Å². The zero-order valence-electron chi connectivity index (χ0n) is 14.5. The van der Waals surface area contributed by atoms with Gasteiger partial charge in [-0.25, -0.2) is 0 Å². The fraction of sp³-hybridized carbons (Fsp3) is 0.389. The fourth-order valence-corrected chi connectivity index (χ4v) is 3.40. The molecule has 0 bridgehead atoms. The molecule has 0 aliphatic carbocycles. The van der Waals surface area contributed by atoms with Gasteiger partial charge in [0, 0.05) is 24.3 Å². The smallest absolute Gasteiger partial charge is 0.0972 e. The second-order valence-corrected chi connectivity index (χ2v) is 6.37. The molecule has 1 fully saturated rings. The molecule has 1 atom stereocenters. The first-order valence-electron chi connectivity index (χ1n) is 8.52. The zero-order chi connectivity index (χ0) is 17.2. The third-order valence-electron chi connectivity index (χ3n) is 4.65. The summed E-state index contributed by atoms with van der Waals surface area (Å²) in [5, 5.41) is 16.5. The number of nitrogens with zero attached hydrogens (tertiary/aromatic N) is 5. The minimum Gasteiger partial charge on any atom is -0.378 e. The van der Waals surface area contributed by atoms with Crippen LogP contribution in [0.3, 0.4) is 0 Å². The monoisotopic (exact) mass is 338 g/mol. The summed E-state index contributed by atoms with van der Waals surface area (Å²) in [5.41, 5.74) is 5.29. The van der Waals surface area contributed by atoms with E-state index in [9.17, 15) is 0 Å². The van der Waals surface area contributed by atoms with Crippen molar-refractivity contribution in [1.29, 1.82) is 0 Å². The Morgan fingerprint density at radius 3 is 2.84 bits per heavy atom. The molecule has 3 heterocycles. The topological polar surface area (TPSA) is 71.9 Å². The fourth-order valence-electron chi connectivity index (χ4n) is 3.40. The summed E-state index contributed by atoms with van der Waals surface area (Å²) in [4.78, 5) is 4.08. The standard InChI is InChI=1S/C18H22N6O/c1-13-18(14(2)21-20-13)17-12-25-9-8-23(17)11-15-10-19-24(22-15)16-6-4-3-5-7-16/h3-7,10,17H,8-9,11-12H2,1-2H3,(H,20,21). The maximum absolute atomic E-state index is 5.73. The predicted molar refractivity (Wildman–Crippen MR) is 93.4 cm³/mol. The Hall–Kier alpha value is -2.51. The minimum atomic E-state index is 0.189. The molecule has 1 aromatic carbocycles. The number of hydrogen-bond acceptors (Lipinski definition) is 5. The maximum atomic E-state index is 5.73. The van der Waals surface area contributed by atoms with Crippen LogP contribution < -0.4 is 0 Å². The van der Waals surface area contributed by atoms with Gasteiger partial charge in [-0.3, -0.25) is 10.00 Å². The Balaban J connectivity index is 1.56. The van der Waals surface area contributed by atoms with E-state index in [0.29, 0.717) is 6.61 Å². The van der Waals surface area contributed by atoms with Crippen LogP contribution in [-0.4, -0.2) is 49.8 Å². The second kappa shape index (κ2) is 6.78. The molecule has 1 N–H and O–H groups in total. The first-order valence-corrected chi connectivity index (χ1v) is 8.52. The molecule has 25 heavy (non-hydrogen) atoms. The number of aromatic nitrogens is 5. The summed E-state index contributed by atoms with van der Waals surface area (Å²) in [6.07, 6.45) is 1.84. The van der Waals surface area contributed by atoms with E-state index in [4.69, 9.17) is 4.74 Å². The number of morpholine rings is 1. The van der Waals surface area contributed by atoms with Crippen LogP contribution in [-0.2, 0) is 11.3 Å². The average molecular weight is 338 g/mol. The van der Waals surface area contributed by atoms with E-state index in [1.807, 2.05) is 43.5 Å². The Morgan fingerprint density at radius 2 is 2.08 bits per heavy atom. The van der Waals surface area contributed by atoms with Gasteiger partial charge in [0.15, 0.2) is 0 Å². The molecule has 130 valence electrons. The van der Waals surface area contributed by atoms with Gasteiger partial charge in [-0.15, -0.1) is 0 Å². The van der Waals surface area contributed by atoms with E-state index in [1.54, 1.807) is 4.80 Å². The van der Waals surface area contributed by atoms with Gasteiger partial charge in [0.25, 0.3) is 0 Å². The molecule has 1 unspecified atom stereocenters. The molecule has 0 spiro atoms. The number of para-hydroxylation sites is 1. The Kier molecular flexibility index (Phi) is 4.33. The van der Waals surface area contributed by atoms with Crippen molar-refractivity contribution in [2.75, 3.05) is 19.8 Å². The van der Waals surface area contributed by atoms with Crippen molar-refractivity contribution in [2.24, 2.45) is 0 Å². The van der Waals surface area contributed by atoms with Crippen molar-refractivity contribution in [1.82, 2.24) is 30.1 Å². The van der Waals surface area contributed by atoms with Gasteiger partial charge in [-0.05, 0) is 26.0 Å². The van der Waals surface area contributed by atoms with Gasteiger partial charge in [-0.2, -0.15) is 20.1 Å². The van der Waals surface area contributed by atoms with Crippen LogP contribution in [0.4, 0.5) is 0 Å². The SMILES string of the molecule is Cc1n[nH]c(C)c1C1COCCN1Cc1cnn(-c2ccccc2)n1. The van der Waals surface area contributed by atoms with Gasteiger partial charge in [0.1, 0.15) is 0 Å². The quantitative estimate of drug-likeness (QED) is 0.789. The van der Waals surface area contributed by atoms with Crippen LogP contribution in [0, 0.1) is 13.8 Å². The van der Waals surface area contributed by atoms with Crippen molar-refractivity contribution in [2.45, 2.75) is 26.4 Å². The van der Waals surface area contributed by atoms with E-state index in [2.05, 4.69) is 32.2 Å². The molecule has 4 rings (SSSR count). The molecule has 7 nitrogen and oxygen atoms in total. The molecule has 1 aliphatic rings. The highest BCUT2D eigenvalue weighted by Gasteiger charge is 2.29. The van der Waals surface area contributed by atoms with Gasteiger partial charge in [-0.1, -0.05) is 18.2 Å². The lowest BCUT2D eigenvalue weighted by Gasteiger charge is -2.35. The lowest BCUT2D eigenvalue weighted by molar-refractivity contribution is -0.0137. The molecule has 0 radical (unpaired) electrons. The van der Waals surface area contributed by atoms with Crippen LogP contribution in [0.15, 0.2) is 36.5 Å². The first kappa shape index (κ1) is 16.0. The molecule has 7 heteroatoms. The number of hydrogen-bond donors (Lipinski definition) is 1. The Bertz CT molecular complexity index is 821. The molecule has 0 saturated carbocycles. The Morgan fingerprint density at radius 1 is 1.24 bits per heavy atom. The van der Waals surface area contributed by atoms with Gasteiger partial charge in [0.05, 0.1) is 42.5 Å². The predicted octanol–water partition coefficient (Wildman–Crippen LogP) is 2.18. The molecule has 2 aromatic heterocycles. The summed E-state index contributed by atoms with van der Waals surface area (Å²) in [5.74, 6) is 0. The van der Waals surface area contributed by atoms with Crippen LogP contribution >= 0.6 is 0 Å². The van der Waals surface area contributed by atoms with Crippen LogP contribution in [0.5, 0.6) is 0 Å². The molecule has 1 saturated heterocycles. The maximum Gasteiger partial charge on any atom is 0.0972 e. The highest BCUT2D eigenvalue weighted by Crippen LogP contribution is 2.29. The zero-order valence-corrected chi connectivity index (χ0v) is 14.5. The molecule has 3 aromatic rings. The van der Waals surface area contributed by atoms with E-state index in [0.717, 1.165) is 42.5 Å². The van der Waals surface area contributed by atoms with Gasteiger partial charge < -0.3 is 4.74 Å². The number of ether oxygens (including phenoxy) is 1. The lowest BCUT2D eigenvalue weighted by atomic mass is 10.0. The number of H-pyrrole nitrogens is 1. The molecule has 1 aliphatic heterocycles. The summed E-state index contributed by atoms with van der Waals surface area (Å²) in [6, 6.07) is 10.2. The number of nitrogens with one attached hydrogen (secondary N) is 1. The first-order chi connectivity index (χ1) is 12.2. The number of aryl methyl sites for hydroxylation is 2. The average Bonchev–Trinajstić information content (AvgIpc) is 3.23. The van der Waals surface area contributed by atoms with Crippen molar-refractivity contribution >= 4 is 0 Å². The van der Waals surface area contributed by atoms with Crippen LogP contribution in [0.25, 0.3) is 5.69 Å².